The van der Waals surface area contributed by atoms with Crippen LogP contribution < -0.4 is 4.74 Å². The maximum absolute atomic E-state index is 12.2. The molecule has 0 radical (unpaired) electrons. The summed E-state index contributed by atoms with van der Waals surface area (Å²) < 4.78 is 5.45. The van der Waals surface area contributed by atoms with Crippen LogP contribution in [0.2, 0.25) is 0 Å². The maximum Gasteiger partial charge on any atom is 0.280 e. The van der Waals surface area contributed by atoms with Crippen molar-refractivity contribution in [3.8, 4) is 5.75 Å². The molecule has 5 nitrogen and oxygen atoms in total. The first kappa shape index (κ1) is 15.0. The summed E-state index contributed by atoms with van der Waals surface area (Å²) in [5, 5.41) is 5.79. The van der Waals surface area contributed by atoms with Gasteiger partial charge in [0.1, 0.15) is 5.75 Å². The van der Waals surface area contributed by atoms with Crippen molar-refractivity contribution in [1.82, 2.24) is 5.01 Å². The number of hydrogen-bond donors (Lipinski definition) is 0. The molecule has 0 N–H and O–H groups in total. The molecule has 3 rings (SSSR count). The smallest absolute Gasteiger partial charge is 0.280 e. The second-order valence-electron chi connectivity index (χ2n) is 5.12. The van der Waals surface area contributed by atoms with E-state index in [9.17, 15) is 9.59 Å². The van der Waals surface area contributed by atoms with Gasteiger partial charge in [0.2, 0.25) is 0 Å². The molecule has 5 heteroatoms. The van der Waals surface area contributed by atoms with Gasteiger partial charge in [0, 0.05) is 6.42 Å². The molecule has 0 saturated carbocycles. The first-order chi connectivity index (χ1) is 11.3. The van der Waals surface area contributed by atoms with E-state index >= 15 is 0 Å². The van der Waals surface area contributed by atoms with E-state index < -0.39 is 0 Å². The van der Waals surface area contributed by atoms with Crippen molar-refractivity contribution in [2.24, 2.45) is 5.10 Å². The van der Waals surface area contributed by atoms with Gasteiger partial charge < -0.3 is 4.74 Å². The minimum absolute atomic E-state index is 0.142. The molecule has 116 valence electrons. The van der Waals surface area contributed by atoms with Crippen LogP contribution in [-0.2, 0) is 4.79 Å². The number of nitrogens with zero attached hydrogens (tertiary/aromatic N) is 2. The molecule has 0 unspecified atom stereocenters. The molecule has 2 aromatic carbocycles. The van der Waals surface area contributed by atoms with Gasteiger partial charge >= 0.3 is 0 Å². The van der Waals surface area contributed by atoms with Crippen LogP contribution in [0, 0.1) is 0 Å². The van der Waals surface area contributed by atoms with Gasteiger partial charge in [0.15, 0.2) is 12.9 Å². The number of para-hydroxylation sites is 1. The summed E-state index contributed by atoms with van der Waals surface area (Å²) >= 11 is 0. The lowest BCUT2D eigenvalue weighted by molar-refractivity contribution is -0.132. The van der Waals surface area contributed by atoms with E-state index in [1.807, 2.05) is 30.3 Å². The number of rotatable bonds is 5. The highest BCUT2D eigenvalue weighted by atomic mass is 16.5. The lowest BCUT2D eigenvalue weighted by Crippen LogP contribution is -2.29. The normalized spacial score (nSPS) is 13.6. The molecule has 23 heavy (non-hydrogen) atoms. The first-order valence-electron chi connectivity index (χ1n) is 7.38. The summed E-state index contributed by atoms with van der Waals surface area (Å²) in [6.07, 6.45) is 1.43. The number of benzene rings is 2. The third-order valence-electron chi connectivity index (χ3n) is 3.59. The Labute approximate surface area is 134 Å². The monoisotopic (exact) mass is 308 g/mol. The van der Waals surface area contributed by atoms with Crippen molar-refractivity contribution >= 4 is 17.9 Å². The molecule has 0 aromatic heterocycles. The minimum Gasteiger partial charge on any atom is -0.483 e. The Hall–Kier alpha value is -2.95. The van der Waals surface area contributed by atoms with Crippen molar-refractivity contribution < 1.29 is 14.3 Å². The molecular weight excluding hydrogens is 292 g/mol. The first-order valence-corrected chi connectivity index (χ1v) is 7.38. The lowest BCUT2D eigenvalue weighted by atomic mass is 10.1. The SMILES string of the molecule is O=Cc1ccccc1OCC(=O)N1CCC(c2ccccc2)=N1. The lowest BCUT2D eigenvalue weighted by Gasteiger charge is -2.13. The van der Waals surface area contributed by atoms with Crippen molar-refractivity contribution in [3.63, 3.8) is 0 Å². The van der Waals surface area contributed by atoms with Crippen LogP contribution in [0.4, 0.5) is 0 Å². The molecule has 2 aromatic rings. The fourth-order valence-electron chi connectivity index (χ4n) is 2.39. The zero-order valence-corrected chi connectivity index (χ0v) is 12.5. The number of ether oxygens (including phenoxy) is 1. The number of amides is 1. The van der Waals surface area contributed by atoms with E-state index in [4.69, 9.17) is 4.74 Å². The molecule has 0 aliphatic carbocycles. The highest BCUT2D eigenvalue weighted by Gasteiger charge is 2.22. The fraction of sp³-hybridized carbons (Fsp3) is 0.167. The molecule has 1 aliphatic heterocycles. The van der Waals surface area contributed by atoms with Crippen molar-refractivity contribution in [3.05, 3.63) is 65.7 Å². The van der Waals surface area contributed by atoms with Crippen LogP contribution in [0.15, 0.2) is 59.7 Å². The molecule has 0 fully saturated rings. The van der Waals surface area contributed by atoms with Crippen molar-refractivity contribution in [1.29, 1.82) is 0 Å². The second-order valence-corrected chi connectivity index (χ2v) is 5.12. The van der Waals surface area contributed by atoms with E-state index in [1.54, 1.807) is 24.3 Å². The summed E-state index contributed by atoms with van der Waals surface area (Å²) in [7, 11) is 0. The standard InChI is InChI=1S/C18H16N2O3/c21-12-15-8-4-5-9-17(15)23-13-18(22)20-11-10-16(19-20)14-6-2-1-3-7-14/h1-9,12H,10-11,13H2. The van der Waals surface area contributed by atoms with Gasteiger partial charge in [-0.3, -0.25) is 9.59 Å². The van der Waals surface area contributed by atoms with Crippen LogP contribution in [0.25, 0.3) is 0 Å². The van der Waals surface area contributed by atoms with Crippen LogP contribution in [0.3, 0.4) is 0 Å². The largest absolute Gasteiger partial charge is 0.483 e. The van der Waals surface area contributed by atoms with Crippen LogP contribution in [0.5, 0.6) is 5.75 Å². The number of hydrogen-bond acceptors (Lipinski definition) is 4. The predicted molar refractivity (Wildman–Crippen MR) is 86.6 cm³/mol. The molecule has 1 heterocycles. The average Bonchev–Trinajstić information content (AvgIpc) is 3.11. The van der Waals surface area contributed by atoms with Crippen LogP contribution >= 0.6 is 0 Å². The van der Waals surface area contributed by atoms with Gasteiger partial charge in [-0.05, 0) is 17.7 Å². The predicted octanol–water partition coefficient (Wildman–Crippen LogP) is 2.51. The highest BCUT2D eigenvalue weighted by molar-refractivity contribution is 6.02. The molecule has 1 amide bonds. The molecular formula is C18H16N2O3. The van der Waals surface area contributed by atoms with Gasteiger partial charge in [0.25, 0.3) is 5.91 Å². The third kappa shape index (κ3) is 3.45. The molecule has 0 saturated heterocycles. The summed E-state index contributed by atoms with van der Waals surface area (Å²) in [6, 6.07) is 16.6. The van der Waals surface area contributed by atoms with E-state index in [1.165, 1.54) is 5.01 Å². The Morgan fingerprint density at radius 2 is 1.87 bits per heavy atom. The van der Waals surface area contributed by atoms with E-state index in [0.717, 1.165) is 17.7 Å². The number of hydrazone groups is 1. The van der Waals surface area contributed by atoms with E-state index in [2.05, 4.69) is 5.10 Å². The highest BCUT2D eigenvalue weighted by Crippen LogP contribution is 2.17. The van der Waals surface area contributed by atoms with Crippen molar-refractivity contribution in [2.45, 2.75) is 6.42 Å². The van der Waals surface area contributed by atoms with Crippen LogP contribution in [-0.4, -0.2) is 36.1 Å². The summed E-state index contributed by atoms with van der Waals surface area (Å²) in [6.45, 7) is 0.401. The van der Waals surface area contributed by atoms with Gasteiger partial charge in [-0.2, -0.15) is 5.10 Å². The Morgan fingerprint density at radius 3 is 2.65 bits per heavy atom. The van der Waals surface area contributed by atoms with E-state index in [-0.39, 0.29) is 12.5 Å². The van der Waals surface area contributed by atoms with E-state index in [0.29, 0.717) is 24.1 Å². The number of carbonyl (C=O) groups excluding carboxylic acids is 2. The van der Waals surface area contributed by atoms with Gasteiger partial charge in [-0.15, -0.1) is 0 Å². The van der Waals surface area contributed by atoms with Crippen LogP contribution in [0.1, 0.15) is 22.3 Å². The third-order valence-corrected chi connectivity index (χ3v) is 3.59. The fourth-order valence-corrected chi connectivity index (χ4v) is 2.39. The average molecular weight is 308 g/mol. The molecule has 0 spiro atoms. The summed E-state index contributed by atoms with van der Waals surface area (Å²) in [5.74, 6) is 0.180. The molecule has 1 aliphatic rings. The molecule has 0 bridgehead atoms. The molecule has 0 atom stereocenters. The van der Waals surface area contributed by atoms with Gasteiger partial charge in [0.05, 0.1) is 17.8 Å². The quantitative estimate of drug-likeness (QED) is 0.797. The van der Waals surface area contributed by atoms with Crippen molar-refractivity contribution in [2.75, 3.05) is 13.2 Å². The topological polar surface area (TPSA) is 59.0 Å². The Bertz CT molecular complexity index is 741. The number of aldehydes is 1. The Balaban J connectivity index is 1.63. The van der Waals surface area contributed by atoms with Gasteiger partial charge in [-0.1, -0.05) is 42.5 Å². The number of carbonyl (C=O) groups is 2. The Morgan fingerprint density at radius 1 is 1.13 bits per heavy atom. The summed E-state index contributed by atoms with van der Waals surface area (Å²) in [4.78, 5) is 23.1. The Kier molecular flexibility index (Phi) is 4.47. The maximum atomic E-state index is 12.2. The second kappa shape index (κ2) is 6.87. The zero-order chi connectivity index (χ0) is 16.1. The van der Waals surface area contributed by atoms with Gasteiger partial charge in [-0.25, -0.2) is 5.01 Å². The summed E-state index contributed by atoms with van der Waals surface area (Å²) in [5.41, 5.74) is 2.34. The minimum atomic E-state index is -0.225. The zero-order valence-electron chi connectivity index (χ0n) is 12.5.